The molecule has 0 aliphatic carbocycles. The van der Waals surface area contributed by atoms with Gasteiger partial charge in [0.2, 0.25) is 0 Å². The van der Waals surface area contributed by atoms with Gasteiger partial charge in [-0.1, -0.05) is 170 Å². The van der Waals surface area contributed by atoms with Gasteiger partial charge in [0.1, 0.15) is 0 Å². The van der Waals surface area contributed by atoms with Crippen LogP contribution < -0.4 is 4.90 Å². The molecule has 0 atom stereocenters. The van der Waals surface area contributed by atoms with E-state index in [1.807, 2.05) is 11.3 Å². The topological polar surface area (TPSA) is 3.24 Å². The average Bonchev–Trinajstić information content (AvgIpc) is 3.64. The molecular weight excluding hydrogens is 671 g/mol. The molecule has 10 aromatic rings. The van der Waals surface area contributed by atoms with Crippen LogP contribution in [0.2, 0.25) is 0 Å². The molecular formula is C52H35NS. The zero-order valence-electron chi connectivity index (χ0n) is 29.6. The van der Waals surface area contributed by atoms with Gasteiger partial charge in [0.25, 0.3) is 0 Å². The highest BCUT2D eigenvalue weighted by molar-refractivity contribution is 7.26. The molecule has 1 nitrogen and oxygen atoms in total. The van der Waals surface area contributed by atoms with Gasteiger partial charge in [-0.2, -0.15) is 0 Å². The second kappa shape index (κ2) is 13.7. The van der Waals surface area contributed by atoms with E-state index in [9.17, 15) is 0 Å². The first-order chi connectivity index (χ1) is 26.8. The molecule has 0 spiro atoms. The number of hydrogen-bond acceptors (Lipinski definition) is 2. The molecule has 54 heavy (non-hydrogen) atoms. The lowest BCUT2D eigenvalue weighted by Crippen LogP contribution is -2.11. The van der Waals surface area contributed by atoms with Crippen LogP contribution in [0.1, 0.15) is 0 Å². The molecule has 0 aliphatic rings. The van der Waals surface area contributed by atoms with Gasteiger partial charge in [0.15, 0.2) is 0 Å². The van der Waals surface area contributed by atoms with Crippen molar-refractivity contribution in [2.75, 3.05) is 4.90 Å². The highest BCUT2D eigenvalue weighted by Gasteiger charge is 2.21. The predicted octanol–water partition coefficient (Wildman–Crippen LogP) is 15.3. The molecule has 2 heteroatoms. The van der Waals surface area contributed by atoms with Crippen LogP contribution in [-0.4, -0.2) is 0 Å². The Hall–Kier alpha value is -6.74. The average molecular weight is 706 g/mol. The summed E-state index contributed by atoms with van der Waals surface area (Å²) in [5.41, 5.74) is 13.1. The Morgan fingerprint density at radius 1 is 0.315 bits per heavy atom. The summed E-state index contributed by atoms with van der Waals surface area (Å²) in [6.45, 7) is 0. The maximum absolute atomic E-state index is 2.45. The minimum Gasteiger partial charge on any atom is -0.308 e. The molecule has 0 aliphatic heterocycles. The first-order valence-corrected chi connectivity index (χ1v) is 19.2. The van der Waals surface area contributed by atoms with Crippen molar-refractivity contribution in [3.63, 3.8) is 0 Å². The molecule has 10 rings (SSSR count). The van der Waals surface area contributed by atoms with Crippen LogP contribution in [0.4, 0.5) is 17.1 Å². The SMILES string of the molecule is c1ccc(-c2ccc(-c3ccccc3N(c3ccc(-c4ccc5cc(-c6ccccc6)ccc5c4)cc3)c3cccc4c3sc3ccccc34)cc2)cc1. The molecule has 1 heterocycles. The molecule has 9 aromatic carbocycles. The summed E-state index contributed by atoms with van der Waals surface area (Å²) >= 11 is 1.87. The zero-order valence-corrected chi connectivity index (χ0v) is 30.4. The number of nitrogens with zero attached hydrogens (tertiary/aromatic N) is 1. The molecule has 0 unspecified atom stereocenters. The fourth-order valence-electron chi connectivity index (χ4n) is 7.74. The van der Waals surface area contributed by atoms with E-state index in [0.717, 1.165) is 11.4 Å². The van der Waals surface area contributed by atoms with E-state index in [4.69, 9.17) is 0 Å². The Kier molecular flexibility index (Phi) is 8.09. The van der Waals surface area contributed by atoms with Gasteiger partial charge in [-0.3, -0.25) is 0 Å². The number of rotatable bonds is 7. The largest absolute Gasteiger partial charge is 0.308 e. The molecule has 0 saturated carbocycles. The Bertz CT molecular complexity index is 2910. The predicted molar refractivity (Wildman–Crippen MR) is 233 cm³/mol. The minimum atomic E-state index is 1.12. The van der Waals surface area contributed by atoms with Gasteiger partial charge < -0.3 is 4.90 Å². The summed E-state index contributed by atoms with van der Waals surface area (Å²) in [6.07, 6.45) is 0. The van der Waals surface area contributed by atoms with Crippen molar-refractivity contribution in [1.29, 1.82) is 0 Å². The third-order valence-corrected chi connectivity index (χ3v) is 11.7. The summed E-state index contributed by atoms with van der Waals surface area (Å²) in [5, 5.41) is 5.06. The number of fused-ring (bicyclic) bond motifs is 4. The van der Waals surface area contributed by atoms with Gasteiger partial charge in [-0.05, 0) is 92.2 Å². The van der Waals surface area contributed by atoms with Crippen molar-refractivity contribution in [2.24, 2.45) is 0 Å². The number of hydrogen-bond donors (Lipinski definition) is 0. The first kappa shape index (κ1) is 32.0. The fraction of sp³-hybridized carbons (Fsp3) is 0. The summed E-state index contributed by atoms with van der Waals surface area (Å²) < 4.78 is 2.58. The molecule has 0 saturated heterocycles. The molecule has 254 valence electrons. The lowest BCUT2D eigenvalue weighted by atomic mass is 9.97. The summed E-state index contributed by atoms with van der Waals surface area (Å²) in [4.78, 5) is 2.45. The van der Waals surface area contributed by atoms with Crippen molar-refractivity contribution in [1.82, 2.24) is 0 Å². The van der Waals surface area contributed by atoms with Crippen LogP contribution in [0.5, 0.6) is 0 Å². The number of para-hydroxylation sites is 1. The van der Waals surface area contributed by atoms with E-state index < -0.39 is 0 Å². The monoisotopic (exact) mass is 705 g/mol. The van der Waals surface area contributed by atoms with E-state index in [-0.39, 0.29) is 0 Å². The van der Waals surface area contributed by atoms with Crippen molar-refractivity contribution in [3.05, 3.63) is 212 Å². The maximum Gasteiger partial charge on any atom is 0.0640 e. The number of benzene rings is 9. The molecule has 0 bridgehead atoms. The van der Waals surface area contributed by atoms with Crippen LogP contribution in [0.3, 0.4) is 0 Å². The van der Waals surface area contributed by atoms with Crippen molar-refractivity contribution in [3.8, 4) is 44.5 Å². The molecule has 0 radical (unpaired) electrons. The van der Waals surface area contributed by atoms with Gasteiger partial charge in [0.05, 0.1) is 16.1 Å². The standard InChI is InChI=1S/C52H35NS/c1-3-12-36(13-4-1)38-22-24-40(25-23-38)46-16-7-9-19-49(46)53(50-20-11-18-48-47-17-8-10-21-51(47)54-52(48)50)45-32-30-39(31-33-45)42-27-29-43-34-41(26-28-44(43)35-42)37-14-5-2-6-15-37/h1-35H. The lowest BCUT2D eigenvalue weighted by Gasteiger charge is -2.28. The second-order valence-corrected chi connectivity index (χ2v) is 14.8. The third-order valence-electron chi connectivity index (χ3n) is 10.5. The van der Waals surface area contributed by atoms with E-state index in [2.05, 4.69) is 217 Å². The van der Waals surface area contributed by atoms with Gasteiger partial charge >= 0.3 is 0 Å². The van der Waals surface area contributed by atoms with Crippen LogP contribution in [0.25, 0.3) is 75.5 Å². The molecule has 0 amide bonds. The van der Waals surface area contributed by atoms with E-state index in [1.54, 1.807) is 0 Å². The van der Waals surface area contributed by atoms with E-state index >= 15 is 0 Å². The number of thiophene rings is 1. The summed E-state index contributed by atoms with van der Waals surface area (Å²) in [5.74, 6) is 0. The summed E-state index contributed by atoms with van der Waals surface area (Å²) in [7, 11) is 0. The van der Waals surface area contributed by atoms with Gasteiger partial charge in [-0.25, -0.2) is 0 Å². The smallest absolute Gasteiger partial charge is 0.0640 e. The Morgan fingerprint density at radius 2 is 0.796 bits per heavy atom. The molecule has 1 aromatic heterocycles. The maximum atomic E-state index is 2.45. The fourth-order valence-corrected chi connectivity index (χ4v) is 8.95. The molecule has 0 N–H and O–H groups in total. The van der Waals surface area contributed by atoms with Crippen LogP contribution in [0, 0.1) is 0 Å². The summed E-state index contributed by atoms with van der Waals surface area (Å²) in [6, 6.07) is 77.1. The van der Waals surface area contributed by atoms with Crippen molar-refractivity contribution >= 4 is 59.3 Å². The normalized spacial score (nSPS) is 11.3. The first-order valence-electron chi connectivity index (χ1n) is 18.4. The molecule has 0 fully saturated rings. The quantitative estimate of drug-likeness (QED) is 0.160. The third kappa shape index (κ3) is 5.84. The zero-order chi connectivity index (χ0) is 35.8. The highest BCUT2D eigenvalue weighted by atomic mass is 32.1. The Morgan fingerprint density at radius 3 is 1.50 bits per heavy atom. The van der Waals surface area contributed by atoms with Crippen molar-refractivity contribution < 1.29 is 0 Å². The highest BCUT2D eigenvalue weighted by Crippen LogP contribution is 2.47. The van der Waals surface area contributed by atoms with Gasteiger partial charge in [0, 0.05) is 26.7 Å². The lowest BCUT2D eigenvalue weighted by molar-refractivity contribution is 1.30. The second-order valence-electron chi connectivity index (χ2n) is 13.7. The van der Waals surface area contributed by atoms with Crippen LogP contribution in [-0.2, 0) is 0 Å². The minimum absolute atomic E-state index is 1.12. The van der Waals surface area contributed by atoms with E-state index in [1.165, 1.54) is 81.1 Å². The van der Waals surface area contributed by atoms with E-state index in [0.29, 0.717) is 0 Å². The Labute approximate surface area is 319 Å². The number of anilines is 3. The van der Waals surface area contributed by atoms with Gasteiger partial charge in [-0.15, -0.1) is 11.3 Å². The van der Waals surface area contributed by atoms with Crippen LogP contribution in [0.15, 0.2) is 212 Å². The Balaban J connectivity index is 1.08. The van der Waals surface area contributed by atoms with Crippen molar-refractivity contribution in [2.45, 2.75) is 0 Å². The van der Waals surface area contributed by atoms with Crippen LogP contribution >= 0.6 is 11.3 Å².